The van der Waals surface area contributed by atoms with E-state index in [0.29, 0.717) is 28.6 Å². The maximum absolute atomic E-state index is 6.24. The molecule has 1 fully saturated rings. The van der Waals surface area contributed by atoms with Crippen LogP contribution >= 0.6 is 23.2 Å². The Bertz CT molecular complexity index is 597. The van der Waals surface area contributed by atoms with Crippen molar-refractivity contribution in [3.05, 3.63) is 34.4 Å². The van der Waals surface area contributed by atoms with Gasteiger partial charge in [0.1, 0.15) is 6.61 Å². The summed E-state index contributed by atoms with van der Waals surface area (Å²) in [6, 6.07) is 5.87. The lowest BCUT2D eigenvalue weighted by atomic mass is 10.2. The Labute approximate surface area is 121 Å². The smallest absolute Gasteiger partial charge is 0.222 e. The highest BCUT2D eigenvalue weighted by Gasteiger charge is 2.16. The van der Waals surface area contributed by atoms with E-state index >= 15 is 0 Å². The number of rotatable bonds is 3. The number of nitrogens with one attached hydrogen (secondary N) is 1. The molecule has 1 aromatic heterocycles. The minimum Gasteiger partial charge on any atom is -0.476 e. The van der Waals surface area contributed by atoms with Gasteiger partial charge in [-0.3, -0.25) is 0 Å². The standard InChI is InChI=1S/C14H14Cl2N2O/c15-10-6-9-3-5-18-14(13(9)12(16)7-10)19-8-11-2-1-4-17-11/h3,5-7,11,17H,1-2,4,8H2. The third-order valence-electron chi connectivity index (χ3n) is 3.33. The number of halogens is 2. The predicted molar refractivity (Wildman–Crippen MR) is 78.3 cm³/mol. The molecule has 100 valence electrons. The highest BCUT2D eigenvalue weighted by molar-refractivity contribution is 6.39. The van der Waals surface area contributed by atoms with Crippen molar-refractivity contribution < 1.29 is 4.74 Å². The van der Waals surface area contributed by atoms with Gasteiger partial charge in [0.25, 0.3) is 0 Å². The van der Waals surface area contributed by atoms with E-state index in [1.807, 2.05) is 12.1 Å². The zero-order valence-corrected chi connectivity index (χ0v) is 11.8. The number of fused-ring (bicyclic) bond motifs is 1. The van der Waals surface area contributed by atoms with Crippen LogP contribution < -0.4 is 10.1 Å². The van der Waals surface area contributed by atoms with E-state index in [9.17, 15) is 0 Å². The van der Waals surface area contributed by atoms with Crippen molar-refractivity contribution in [2.75, 3.05) is 13.2 Å². The van der Waals surface area contributed by atoms with Gasteiger partial charge < -0.3 is 10.1 Å². The van der Waals surface area contributed by atoms with Crippen LogP contribution in [0.5, 0.6) is 5.88 Å². The van der Waals surface area contributed by atoms with Gasteiger partial charge in [0.2, 0.25) is 5.88 Å². The highest BCUT2D eigenvalue weighted by atomic mass is 35.5. The summed E-state index contributed by atoms with van der Waals surface area (Å²) in [6.07, 6.45) is 4.06. The number of nitrogens with zero attached hydrogens (tertiary/aromatic N) is 1. The molecule has 1 saturated heterocycles. The summed E-state index contributed by atoms with van der Waals surface area (Å²) in [7, 11) is 0. The molecule has 5 heteroatoms. The molecule has 1 atom stereocenters. The quantitative estimate of drug-likeness (QED) is 0.938. The molecule has 1 aromatic carbocycles. The van der Waals surface area contributed by atoms with Crippen molar-refractivity contribution in [3.8, 4) is 5.88 Å². The minimum absolute atomic E-state index is 0.406. The lowest BCUT2D eigenvalue weighted by Crippen LogP contribution is -2.28. The van der Waals surface area contributed by atoms with Gasteiger partial charge in [-0.05, 0) is 43.0 Å². The van der Waals surface area contributed by atoms with E-state index in [2.05, 4.69) is 10.3 Å². The van der Waals surface area contributed by atoms with E-state index in [1.54, 1.807) is 12.3 Å². The zero-order valence-electron chi connectivity index (χ0n) is 10.3. The van der Waals surface area contributed by atoms with Gasteiger partial charge in [-0.1, -0.05) is 23.2 Å². The summed E-state index contributed by atoms with van der Waals surface area (Å²) in [4.78, 5) is 4.28. The van der Waals surface area contributed by atoms with Gasteiger partial charge in [-0.2, -0.15) is 0 Å². The molecule has 1 unspecified atom stereocenters. The molecule has 19 heavy (non-hydrogen) atoms. The van der Waals surface area contributed by atoms with E-state index in [0.717, 1.165) is 23.7 Å². The predicted octanol–water partition coefficient (Wildman–Crippen LogP) is 3.67. The first-order valence-corrected chi connectivity index (χ1v) is 7.09. The molecule has 0 bridgehead atoms. The lowest BCUT2D eigenvalue weighted by molar-refractivity contribution is 0.271. The third-order valence-corrected chi connectivity index (χ3v) is 3.85. The summed E-state index contributed by atoms with van der Waals surface area (Å²) in [6.45, 7) is 1.68. The fourth-order valence-corrected chi connectivity index (χ4v) is 2.98. The Hall–Kier alpha value is -1.03. The first-order chi connectivity index (χ1) is 9.24. The van der Waals surface area contributed by atoms with Crippen LogP contribution in [0.4, 0.5) is 0 Å². The number of hydrogen-bond donors (Lipinski definition) is 1. The van der Waals surface area contributed by atoms with Crippen LogP contribution in [0.25, 0.3) is 10.8 Å². The van der Waals surface area contributed by atoms with Gasteiger partial charge in [0.05, 0.1) is 10.4 Å². The molecule has 0 aliphatic carbocycles. The molecule has 2 heterocycles. The van der Waals surface area contributed by atoms with E-state index in [4.69, 9.17) is 27.9 Å². The average molecular weight is 297 g/mol. The first-order valence-electron chi connectivity index (χ1n) is 6.34. The van der Waals surface area contributed by atoms with Crippen molar-refractivity contribution in [2.24, 2.45) is 0 Å². The Morgan fingerprint density at radius 2 is 2.26 bits per heavy atom. The summed E-state index contributed by atoms with van der Waals surface area (Å²) in [5.74, 6) is 0.577. The fraction of sp³-hybridized carbons (Fsp3) is 0.357. The Balaban J connectivity index is 1.90. The average Bonchev–Trinajstić information content (AvgIpc) is 2.88. The van der Waals surface area contributed by atoms with Gasteiger partial charge in [0, 0.05) is 17.3 Å². The molecular weight excluding hydrogens is 283 g/mol. The van der Waals surface area contributed by atoms with E-state index in [1.165, 1.54) is 6.42 Å². The van der Waals surface area contributed by atoms with Crippen LogP contribution in [-0.2, 0) is 0 Å². The molecule has 0 spiro atoms. The number of pyridine rings is 1. The second-order valence-corrected chi connectivity index (χ2v) is 5.55. The van der Waals surface area contributed by atoms with Crippen LogP contribution in [0, 0.1) is 0 Å². The molecule has 1 aliphatic rings. The summed E-state index contributed by atoms with van der Waals surface area (Å²) in [5.41, 5.74) is 0. The van der Waals surface area contributed by atoms with Crippen molar-refractivity contribution in [2.45, 2.75) is 18.9 Å². The number of ether oxygens (including phenoxy) is 1. The van der Waals surface area contributed by atoms with Gasteiger partial charge in [-0.15, -0.1) is 0 Å². The van der Waals surface area contributed by atoms with Crippen molar-refractivity contribution in [1.29, 1.82) is 0 Å². The highest BCUT2D eigenvalue weighted by Crippen LogP contribution is 2.33. The van der Waals surface area contributed by atoms with E-state index < -0.39 is 0 Å². The zero-order chi connectivity index (χ0) is 13.2. The largest absolute Gasteiger partial charge is 0.476 e. The molecule has 0 amide bonds. The normalized spacial score (nSPS) is 18.9. The summed E-state index contributed by atoms with van der Waals surface area (Å²) in [5, 5.41) is 6.36. The lowest BCUT2D eigenvalue weighted by Gasteiger charge is -2.13. The van der Waals surface area contributed by atoms with Crippen LogP contribution in [0.15, 0.2) is 24.4 Å². The Morgan fingerprint density at radius 1 is 1.37 bits per heavy atom. The van der Waals surface area contributed by atoms with Crippen molar-refractivity contribution >= 4 is 34.0 Å². The Kier molecular flexibility index (Phi) is 3.78. The SMILES string of the molecule is Clc1cc(Cl)c2c(OCC3CCCN3)nccc2c1. The second kappa shape index (κ2) is 5.53. The number of aromatic nitrogens is 1. The van der Waals surface area contributed by atoms with Crippen LogP contribution in [0.3, 0.4) is 0 Å². The first kappa shape index (κ1) is 13.0. The molecule has 3 rings (SSSR count). The van der Waals surface area contributed by atoms with Crippen molar-refractivity contribution in [3.63, 3.8) is 0 Å². The maximum Gasteiger partial charge on any atom is 0.222 e. The number of benzene rings is 1. The third kappa shape index (κ3) is 2.78. The van der Waals surface area contributed by atoms with E-state index in [-0.39, 0.29) is 0 Å². The number of hydrogen-bond acceptors (Lipinski definition) is 3. The molecule has 0 radical (unpaired) electrons. The maximum atomic E-state index is 6.24. The molecule has 2 aromatic rings. The molecule has 0 saturated carbocycles. The fourth-order valence-electron chi connectivity index (χ4n) is 2.39. The Morgan fingerprint density at radius 3 is 3.05 bits per heavy atom. The summed E-state index contributed by atoms with van der Waals surface area (Å²) < 4.78 is 5.82. The van der Waals surface area contributed by atoms with Crippen LogP contribution in [0.2, 0.25) is 10.0 Å². The molecule has 1 N–H and O–H groups in total. The van der Waals surface area contributed by atoms with Gasteiger partial charge in [0.15, 0.2) is 0 Å². The topological polar surface area (TPSA) is 34.1 Å². The second-order valence-electron chi connectivity index (χ2n) is 4.71. The molecule has 3 nitrogen and oxygen atoms in total. The summed E-state index contributed by atoms with van der Waals surface area (Å²) >= 11 is 12.2. The monoisotopic (exact) mass is 296 g/mol. The minimum atomic E-state index is 0.406. The molecule has 1 aliphatic heterocycles. The van der Waals surface area contributed by atoms with Crippen LogP contribution in [0.1, 0.15) is 12.8 Å². The van der Waals surface area contributed by atoms with Gasteiger partial charge in [-0.25, -0.2) is 4.98 Å². The van der Waals surface area contributed by atoms with Gasteiger partial charge >= 0.3 is 0 Å². The van der Waals surface area contributed by atoms with Crippen molar-refractivity contribution in [1.82, 2.24) is 10.3 Å². The van der Waals surface area contributed by atoms with Crippen LogP contribution in [-0.4, -0.2) is 24.2 Å². The molecular formula is C14H14Cl2N2O.